The number of halogens is 1. The number of piperazine rings is 1. The molecule has 0 radical (unpaired) electrons. The fourth-order valence-corrected chi connectivity index (χ4v) is 3.13. The Labute approximate surface area is 182 Å². The lowest BCUT2D eigenvalue weighted by atomic mass is 10.3. The van der Waals surface area contributed by atoms with Crippen LogP contribution in [0.5, 0.6) is 0 Å². The van der Waals surface area contributed by atoms with Crippen LogP contribution in [0, 0.1) is 0 Å². The molecule has 2 aromatic rings. The summed E-state index contributed by atoms with van der Waals surface area (Å²) < 4.78 is 5.08. The number of aliphatic imine (C=N–C) groups is 1. The molecule has 0 atom stereocenters. The molecule has 1 aliphatic heterocycles. The average molecular weight is 500 g/mol. The smallest absolute Gasteiger partial charge is 0.409 e. The summed E-state index contributed by atoms with van der Waals surface area (Å²) in [5.74, 6) is 1.83. The highest BCUT2D eigenvalue weighted by Gasteiger charge is 2.23. The topological polar surface area (TPSA) is 85.9 Å². The first kappa shape index (κ1) is 22.3. The quantitative estimate of drug-likeness (QED) is 0.375. The lowest BCUT2D eigenvalue weighted by molar-refractivity contribution is 0.0914. The standard InChI is InChI=1S/C19H28N6O2.HI/c1-3-20-18(24-11-13-25(14-12-24)19(26)27-4-2)21-10-9-17-22-15-7-5-6-8-16(15)23-17;/h5-8H,3-4,9-14H2,1-2H3,(H,20,21)(H,22,23);1H. The highest BCUT2D eigenvalue weighted by molar-refractivity contribution is 14.0. The van der Waals surface area contributed by atoms with Gasteiger partial charge in [-0.15, -0.1) is 24.0 Å². The number of ether oxygens (including phenoxy) is 1. The Morgan fingerprint density at radius 2 is 1.93 bits per heavy atom. The van der Waals surface area contributed by atoms with Crippen molar-refractivity contribution >= 4 is 47.1 Å². The molecule has 2 heterocycles. The van der Waals surface area contributed by atoms with Crippen molar-refractivity contribution in [3.8, 4) is 0 Å². The van der Waals surface area contributed by atoms with Gasteiger partial charge in [-0.1, -0.05) is 12.1 Å². The molecule has 1 aliphatic rings. The van der Waals surface area contributed by atoms with E-state index in [4.69, 9.17) is 9.73 Å². The Morgan fingerprint density at radius 1 is 1.21 bits per heavy atom. The number of amides is 1. The molecule has 0 bridgehead atoms. The number of carbonyl (C=O) groups is 1. The van der Waals surface area contributed by atoms with E-state index >= 15 is 0 Å². The van der Waals surface area contributed by atoms with E-state index in [9.17, 15) is 4.79 Å². The first-order valence-electron chi connectivity index (χ1n) is 9.59. The summed E-state index contributed by atoms with van der Waals surface area (Å²) in [5, 5.41) is 3.35. The normalized spacial score (nSPS) is 14.7. The van der Waals surface area contributed by atoms with E-state index in [-0.39, 0.29) is 30.1 Å². The molecule has 1 aromatic carbocycles. The molecule has 8 nitrogen and oxygen atoms in total. The van der Waals surface area contributed by atoms with Crippen molar-refractivity contribution in [3.63, 3.8) is 0 Å². The lowest BCUT2D eigenvalue weighted by Crippen LogP contribution is -2.54. The van der Waals surface area contributed by atoms with Crippen LogP contribution < -0.4 is 5.32 Å². The van der Waals surface area contributed by atoms with E-state index in [0.29, 0.717) is 26.2 Å². The van der Waals surface area contributed by atoms with Gasteiger partial charge in [-0.25, -0.2) is 9.78 Å². The number of rotatable bonds is 5. The van der Waals surface area contributed by atoms with Gasteiger partial charge >= 0.3 is 6.09 Å². The third kappa shape index (κ3) is 5.73. The number of aromatic amines is 1. The number of guanidine groups is 1. The molecule has 28 heavy (non-hydrogen) atoms. The predicted molar refractivity (Wildman–Crippen MR) is 121 cm³/mol. The number of hydrogen-bond acceptors (Lipinski definition) is 4. The van der Waals surface area contributed by atoms with Crippen molar-refractivity contribution < 1.29 is 9.53 Å². The zero-order valence-electron chi connectivity index (χ0n) is 16.5. The Kier molecular flexibility index (Phi) is 8.81. The molecule has 0 aliphatic carbocycles. The largest absolute Gasteiger partial charge is 0.450 e. The Hall–Kier alpha value is -2.04. The predicted octanol–water partition coefficient (Wildman–Crippen LogP) is 2.46. The number of imidazole rings is 1. The maximum absolute atomic E-state index is 11.8. The molecule has 3 rings (SSSR count). The molecular formula is C19H29IN6O2. The number of nitrogens with one attached hydrogen (secondary N) is 2. The van der Waals surface area contributed by atoms with Gasteiger partial charge in [0, 0.05) is 45.7 Å². The summed E-state index contributed by atoms with van der Waals surface area (Å²) in [6, 6.07) is 8.03. The lowest BCUT2D eigenvalue weighted by Gasteiger charge is -2.35. The number of nitrogens with zero attached hydrogens (tertiary/aromatic N) is 4. The Bertz CT molecular complexity index is 753. The fourth-order valence-electron chi connectivity index (χ4n) is 3.13. The van der Waals surface area contributed by atoms with Crippen molar-refractivity contribution in [3.05, 3.63) is 30.1 Å². The molecular weight excluding hydrogens is 471 g/mol. The third-order valence-electron chi connectivity index (χ3n) is 4.49. The van der Waals surface area contributed by atoms with E-state index in [1.165, 1.54) is 0 Å². The molecule has 2 N–H and O–H groups in total. The highest BCUT2D eigenvalue weighted by Crippen LogP contribution is 2.11. The Balaban J connectivity index is 0.00000280. The Morgan fingerprint density at radius 3 is 2.61 bits per heavy atom. The average Bonchev–Trinajstić information content (AvgIpc) is 3.10. The van der Waals surface area contributed by atoms with Crippen molar-refractivity contribution in [1.29, 1.82) is 0 Å². The zero-order valence-corrected chi connectivity index (χ0v) is 18.8. The van der Waals surface area contributed by atoms with Crippen LogP contribution >= 0.6 is 24.0 Å². The van der Waals surface area contributed by atoms with Gasteiger partial charge in [0.15, 0.2) is 5.96 Å². The zero-order chi connectivity index (χ0) is 19.1. The van der Waals surface area contributed by atoms with Crippen LogP contribution in [0.4, 0.5) is 4.79 Å². The van der Waals surface area contributed by atoms with Crippen molar-refractivity contribution in [2.75, 3.05) is 45.9 Å². The van der Waals surface area contributed by atoms with Crippen molar-refractivity contribution in [1.82, 2.24) is 25.1 Å². The molecule has 1 saturated heterocycles. The van der Waals surface area contributed by atoms with Crippen molar-refractivity contribution in [2.24, 2.45) is 4.99 Å². The van der Waals surface area contributed by atoms with Crippen LogP contribution in [0.3, 0.4) is 0 Å². The summed E-state index contributed by atoms with van der Waals surface area (Å²) >= 11 is 0. The second kappa shape index (κ2) is 11.1. The first-order valence-corrected chi connectivity index (χ1v) is 9.59. The summed E-state index contributed by atoms with van der Waals surface area (Å²) in [4.78, 5) is 28.5. The fraction of sp³-hybridized carbons (Fsp3) is 0.526. The van der Waals surface area contributed by atoms with Gasteiger partial charge in [0.2, 0.25) is 0 Å². The van der Waals surface area contributed by atoms with Crippen LogP contribution in [0.2, 0.25) is 0 Å². The van der Waals surface area contributed by atoms with Gasteiger partial charge in [-0.05, 0) is 26.0 Å². The first-order chi connectivity index (χ1) is 13.2. The number of hydrogen-bond donors (Lipinski definition) is 2. The molecule has 0 saturated carbocycles. The molecule has 1 aromatic heterocycles. The minimum absolute atomic E-state index is 0. The van der Waals surface area contributed by atoms with Crippen LogP contribution in [0.25, 0.3) is 11.0 Å². The second-order valence-corrected chi connectivity index (χ2v) is 6.36. The summed E-state index contributed by atoms with van der Waals surface area (Å²) in [7, 11) is 0. The molecule has 1 amide bonds. The van der Waals surface area contributed by atoms with E-state index in [0.717, 1.165) is 48.9 Å². The molecule has 0 spiro atoms. The van der Waals surface area contributed by atoms with Gasteiger partial charge in [0.25, 0.3) is 0 Å². The van der Waals surface area contributed by atoms with E-state index in [1.807, 2.05) is 31.2 Å². The van der Waals surface area contributed by atoms with Crippen LogP contribution in [0.1, 0.15) is 19.7 Å². The maximum Gasteiger partial charge on any atom is 0.409 e. The highest BCUT2D eigenvalue weighted by atomic mass is 127. The number of carbonyl (C=O) groups excluding carboxylic acids is 1. The number of H-pyrrole nitrogens is 1. The summed E-state index contributed by atoms with van der Waals surface area (Å²) in [5.41, 5.74) is 2.04. The minimum atomic E-state index is -0.232. The number of benzene rings is 1. The van der Waals surface area contributed by atoms with Gasteiger partial charge in [-0.3, -0.25) is 4.99 Å². The molecule has 154 valence electrons. The van der Waals surface area contributed by atoms with Crippen LogP contribution in [-0.2, 0) is 11.2 Å². The summed E-state index contributed by atoms with van der Waals surface area (Å²) in [6.45, 7) is 8.53. The van der Waals surface area contributed by atoms with Gasteiger partial charge in [0.05, 0.1) is 17.6 Å². The molecule has 9 heteroatoms. The van der Waals surface area contributed by atoms with Crippen LogP contribution in [-0.4, -0.2) is 77.7 Å². The van der Waals surface area contributed by atoms with E-state index < -0.39 is 0 Å². The summed E-state index contributed by atoms with van der Waals surface area (Å²) in [6.07, 6.45) is 0.524. The number of fused-ring (bicyclic) bond motifs is 1. The number of para-hydroxylation sites is 2. The van der Waals surface area contributed by atoms with E-state index in [1.54, 1.807) is 4.90 Å². The molecule has 0 unspecified atom stereocenters. The van der Waals surface area contributed by atoms with Crippen molar-refractivity contribution in [2.45, 2.75) is 20.3 Å². The SMILES string of the molecule is CCNC(=NCCc1nc2ccccc2[nH]1)N1CCN(C(=O)OCC)CC1.I. The van der Waals surface area contributed by atoms with Gasteiger partial charge in [-0.2, -0.15) is 0 Å². The molecule has 1 fully saturated rings. The maximum atomic E-state index is 11.8. The third-order valence-corrected chi connectivity index (χ3v) is 4.49. The van der Waals surface area contributed by atoms with Gasteiger partial charge in [0.1, 0.15) is 5.82 Å². The minimum Gasteiger partial charge on any atom is -0.450 e. The van der Waals surface area contributed by atoms with Crippen LogP contribution in [0.15, 0.2) is 29.3 Å². The second-order valence-electron chi connectivity index (χ2n) is 6.36. The van der Waals surface area contributed by atoms with E-state index in [2.05, 4.69) is 27.1 Å². The number of aromatic nitrogens is 2. The van der Waals surface area contributed by atoms with Gasteiger partial charge < -0.3 is 24.8 Å². The monoisotopic (exact) mass is 500 g/mol.